The summed E-state index contributed by atoms with van der Waals surface area (Å²) in [6.45, 7) is 8.96. The van der Waals surface area contributed by atoms with Crippen LogP contribution in [0.1, 0.15) is 38.8 Å². The Balaban J connectivity index is 2.21. The highest BCUT2D eigenvalue weighted by molar-refractivity contribution is 6.26. The normalized spacial score (nSPS) is 18.9. The van der Waals surface area contributed by atoms with E-state index in [1.54, 1.807) is 27.7 Å². The van der Waals surface area contributed by atoms with Gasteiger partial charge in [-0.2, -0.15) is 0 Å². The SMILES string of the molecule is Cc1ccc(-c2ccc(N)cc2)cc1C1=C(O)C(C)(C)OC(C)(C)C1=O. The van der Waals surface area contributed by atoms with E-state index >= 15 is 0 Å². The van der Waals surface area contributed by atoms with Gasteiger partial charge in [0.05, 0.1) is 5.57 Å². The molecule has 4 heteroatoms. The zero-order valence-corrected chi connectivity index (χ0v) is 15.9. The number of aliphatic hydroxyl groups is 1. The molecule has 1 heterocycles. The Morgan fingerprint density at radius 3 is 2.12 bits per heavy atom. The summed E-state index contributed by atoms with van der Waals surface area (Å²) in [5, 5.41) is 10.8. The van der Waals surface area contributed by atoms with Crippen LogP contribution in [0.3, 0.4) is 0 Å². The van der Waals surface area contributed by atoms with Gasteiger partial charge in [0.15, 0.2) is 5.78 Å². The number of hydrogen-bond donors (Lipinski definition) is 2. The molecule has 0 atom stereocenters. The Morgan fingerprint density at radius 1 is 0.923 bits per heavy atom. The lowest BCUT2D eigenvalue weighted by Crippen LogP contribution is -2.49. The first-order valence-corrected chi connectivity index (χ1v) is 8.68. The summed E-state index contributed by atoms with van der Waals surface area (Å²) in [5.41, 5.74) is 8.48. The molecular formula is C22H25NO3. The highest BCUT2D eigenvalue weighted by Gasteiger charge is 2.47. The van der Waals surface area contributed by atoms with E-state index in [0.29, 0.717) is 11.3 Å². The summed E-state index contributed by atoms with van der Waals surface area (Å²) in [5.74, 6) is -0.244. The number of Topliss-reactive ketones (excluding diaryl/α,β-unsaturated/α-hetero) is 1. The minimum Gasteiger partial charge on any atom is -0.508 e. The molecule has 0 unspecified atom stereocenters. The fourth-order valence-corrected chi connectivity index (χ4v) is 3.44. The predicted octanol–water partition coefficient (Wildman–Crippen LogP) is 4.67. The summed E-state index contributed by atoms with van der Waals surface area (Å²) < 4.78 is 5.83. The van der Waals surface area contributed by atoms with Crippen molar-refractivity contribution >= 4 is 17.0 Å². The van der Waals surface area contributed by atoms with Crippen LogP contribution in [0.25, 0.3) is 16.7 Å². The van der Waals surface area contributed by atoms with Gasteiger partial charge in [0, 0.05) is 5.69 Å². The van der Waals surface area contributed by atoms with Crippen LogP contribution in [0.2, 0.25) is 0 Å². The molecule has 3 N–H and O–H groups in total. The number of anilines is 1. The molecule has 2 aromatic rings. The van der Waals surface area contributed by atoms with Crippen molar-refractivity contribution in [2.75, 3.05) is 5.73 Å². The molecule has 0 aliphatic carbocycles. The van der Waals surface area contributed by atoms with Crippen LogP contribution >= 0.6 is 0 Å². The predicted molar refractivity (Wildman–Crippen MR) is 105 cm³/mol. The molecule has 0 radical (unpaired) electrons. The lowest BCUT2D eigenvalue weighted by molar-refractivity contribution is -0.158. The Labute approximate surface area is 154 Å². The first-order valence-electron chi connectivity index (χ1n) is 8.68. The second-order valence-electron chi connectivity index (χ2n) is 7.83. The summed E-state index contributed by atoms with van der Waals surface area (Å²) in [6.07, 6.45) is 0. The maximum Gasteiger partial charge on any atom is 0.198 e. The van der Waals surface area contributed by atoms with Crippen LogP contribution in [-0.2, 0) is 9.53 Å². The molecule has 0 saturated heterocycles. The standard InChI is InChI=1S/C22H25NO3/c1-13-6-7-15(14-8-10-16(23)11-9-14)12-17(13)18-19(24)21(2,3)26-22(4,5)20(18)25/h6-12,24H,23H2,1-5H3. The van der Waals surface area contributed by atoms with Gasteiger partial charge in [0.25, 0.3) is 0 Å². The number of aryl methyl sites for hydroxylation is 1. The van der Waals surface area contributed by atoms with Crippen LogP contribution < -0.4 is 5.73 Å². The third-order valence-electron chi connectivity index (χ3n) is 4.84. The van der Waals surface area contributed by atoms with Gasteiger partial charge in [0.1, 0.15) is 17.0 Å². The molecule has 2 aromatic carbocycles. The lowest BCUT2D eigenvalue weighted by Gasteiger charge is -2.40. The maximum atomic E-state index is 13.0. The molecule has 4 nitrogen and oxygen atoms in total. The van der Waals surface area contributed by atoms with Crippen LogP contribution in [0.4, 0.5) is 5.69 Å². The zero-order chi connectivity index (χ0) is 19.3. The lowest BCUT2D eigenvalue weighted by atomic mass is 9.81. The molecule has 0 spiro atoms. The number of benzene rings is 2. The van der Waals surface area contributed by atoms with E-state index in [1.165, 1.54) is 0 Å². The van der Waals surface area contributed by atoms with Crippen molar-refractivity contribution in [2.45, 2.75) is 45.8 Å². The molecule has 1 aliphatic rings. The van der Waals surface area contributed by atoms with E-state index < -0.39 is 11.2 Å². The van der Waals surface area contributed by atoms with Crippen LogP contribution in [0.5, 0.6) is 0 Å². The number of carbonyl (C=O) groups is 1. The molecule has 0 saturated carbocycles. The van der Waals surface area contributed by atoms with Gasteiger partial charge < -0.3 is 15.6 Å². The fourth-order valence-electron chi connectivity index (χ4n) is 3.44. The zero-order valence-electron chi connectivity index (χ0n) is 15.9. The Bertz CT molecular complexity index is 905. The summed E-state index contributed by atoms with van der Waals surface area (Å²) >= 11 is 0. The number of nitrogens with two attached hydrogens (primary N) is 1. The molecule has 1 aliphatic heterocycles. The monoisotopic (exact) mass is 351 g/mol. The number of ketones is 1. The fraction of sp³-hybridized carbons (Fsp3) is 0.318. The Hall–Kier alpha value is -2.59. The number of carbonyl (C=O) groups excluding carboxylic acids is 1. The number of ether oxygens (including phenoxy) is 1. The average molecular weight is 351 g/mol. The van der Waals surface area contributed by atoms with Crippen molar-refractivity contribution in [1.82, 2.24) is 0 Å². The molecule has 26 heavy (non-hydrogen) atoms. The quantitative estimate of drug-likeness (QED) is 0.771. The number of nitrogen functional groups attached to an aromatic ring is 1. The topological polar surface area (TPSA) is 72.6 Å². The third kappa shape index (κ3) is 3.01. The molecule has 136 valence electrons. The second-order valence-corrected chi connectivity index (χ2v) is 7.83. The van der Waals surface area contributed by atoms with Gasteiger partial charge in [-0.15, -0.1) is 0 Å². The van der Waals surface area contributed by atoms with E-state index in [9.17, 15) is 9.90 Å². The van der Waals surface area contributed by atoms with Crippen molar-refractivity contribution in [1.29, 1.82) is 0 Å². The van der Waals surface area contributed by atoms with Crippen LogP contribution in [0, 0.1) is 6.92 Å². The summed E-state index contributed by atoms with van der Waals surface area (Å²) in [7, 11) is 0. The molecule has 0 amide bonds. The average Bonchev–Trinajstić information content (AvgIpc) is 2.55. The van der Waals surface area contributed by atoms with Gasteiger partial charge in [-0.25, -0.2) is 0 Å². The highest BCUT2D eigenvalue weighted by Crippen LogP contribution is 2.41. The van der Waals surface area contributed by atoms with Gasteiger partial charge in [0.2, 0.25) is 0 Å². The van der Waals surface area contributed by atoms with Gasteiger partial charge in [-0.1, -0.05) is 24.3 Å². The first-order chi connectivity index (χ1) is 12.0. The highest BCUT2D eigenvalue weighted by atomic mass is 16.5. The second kappa shape index (κ2) is 5.99. The Morgan fingerprint density at radius 2 is 1.50 bits per heavy atom. The van der Waals surface area contributed by atoms with E-state index in [-0.39, 0.29) is 11.5 Å². The van der Waals surface area contributed by atoms with Crippen molar-refractivity contribution in [2.24, 2.45) is 0 Å². The van der Waals surface area contributed by atoms with Crippen molar-refractivity contribution in [3.05, 3.63) is 59.4 Å². The maximum absolute atomic E-state index is 13.0. The third-order valence-corrected chi connectivity index (χ3v) is 4.84. The molecular weight excluding hydrogens is 326 g/mol. The number of aliphatic hydroxyl groups excluding tert-OH is 1. The first kappa shape index (κ1) is 18.2. The molecule has 0 bridgehead atoms. The minimum atomic E-state index is -1.01. The van der Waals surface area contributed by atoms with E-state index in [4.69, 9.17) is 10.5 Å². The van der Waals surface area contributed by atoms with E-state index in [0.717, 1.165) is 22.3 Å². The summed E-state index contributed by atoms with van der Waals surface area (Å²) in [6, 6.07) is 13.5. The van der Waals surface area contributed by atoms with Crippen molar-refractivity contribution < 1.29 is 14.6 Å². The van der Waals surface area contributed by atoms with Gasteiger partial charge in [-0.05, 0) is 75.1 Å². The smallest absolute Gasteiger partial charge is 0.198 e. The largest absolute Gasteiger partial charge is 0.508 e. The van der Waals surface area contributed by atoms with E-state index in [2.05, 4.69) is 0 Å². The van der Waals surface area contributed by atoms with Crippen molar-refractivity contribution in [3.8, 4) is 11.1 Å². The minimum absolute atomic E-state index is 0.0284. The summed E-state index contributed by atoms with van der Waals surface area (Å²) in [4.78, 5) is 13.0. The number of hydrogen-bond acceptors (Lipinski definition) is 4. The molecule has 3 rings (SSSR count). The molecule has 0 aromatic heterocycles. The Kier molecular flexibility index (Phi) is 4.20. The van der Waals surface area contributed by atoms with Gasteiger partial charge in [-0.3, -0.25) is 4.79 Å². The van der Waals surface area contributed by atoms with Crippen LogP contribution in [-0.4, -0.2) is 22.1 Å². The molecule has 0 fully saturated rings. The van der Waals surface area contributed by atoms with Crippen LogP contribution in [0.15, 0.2) is 48.2 Å². The van der Waals surface area contributed by atoms with Gasteiger partial charge >= 0.3 is 0 Å². The van der Waals surface area contributed by atoms with E-state index in [1.807, 2.05) is 49.4 Å². The van der Waals surface area contributed by atoms with Crippen molar-refractivity contribution in [3.63, 3.8) is 0 Å². The number of rotatable bonds is 2.